The highest BCUT2D eigenvalue weighted by molar-refractivity contribution is 8.26. The molecule has 4 rings (SSSR count). The number of nitrogens with zero attached hydrogens (tertiary/aromatic N) is 3. The highest BCUT2D eigenvalue weighted by Gasteiger charge is 2.32. The maximum Gasteiger partial charge on any atom is 0.267 e. The summed E-state index contributed by atoms with van der Waals surface area (Å²) in [6.07, 6.45) is 7.93. The number of thioether (sulfide) groups is 1. The summed E-state index contributed by atoms with van der Waals surface area (Å²) in [7, 11) is 0. The smallest absolute Gasteiger partial charge is 0.267 e. The lowest BCUT2D eigenvalue weighted by molar-refractivity contribution is -0.122. The molecule has 0 aliphatic carbocycles. The van der Waals surface area contributed by atoms with E-state index < -0.39 is 0 Å². The number of hydrogen-bond donors (Lipinski definition) is 1. The molecule has 32 heavy (non-hydrogen) atoms. The second kappa shape index (κ2) is 9.70. The SMILES string of the molecule is CCCCCN1C(=O)C(=Cc2c(NCc3ccco3)nc3ccc(C)cn3c2=O)SC1=S. The predicted octanol–water partition coefficient (Wildman–Crippen LogP) is 4.60. The molecule has 1 aliphatic heterocycles. The molecule has 1 aliphatic rings. The molecule has 3 aromatic heterocycles. The molecule has 0 atom stereocenters. The van der Waals surface area contributed by atoms with E-state index in [1.165, 1.54) is 16.2 Å². The van der Waals surface area contributed by atoms with Crippen LogP contribution in [0.3, 0.4) is 0 Å². The number of nitrogens with one attached hydrogen (secondary N) is 1. The number of unbranched alkanes of at least 4 members (excludes halogenated alkanes) is 2. The van der Waals surface area contributed by atoms with Crippen molar-refractivity contribution in [2.24, 2.45) is 0 Å². The number of rotatable bonds is 8. The summed E-state index contributed by atoms with van der Waals surface area (Å²) in [4.78, 5) is 33.1. The third kappa shape index (κ3) is 4.63. The normalized spacial score (nSPS) is 15.3. The van der Waals surface area contributed by atoms with Gasteiger partial charge in [0.15, 0.2) is 0 Å². The number of thiocarbonyl (C=S) groups is 1. The fourth-order valence-electron chi connectivity index (χ4n) is 3.45. The van der Waals surface area contributed by atoms with Crippen molar-refractivity contribution in [1.29, 1.82) is 0 Å². The number of hydrogen-bond acceptors (Lipinski definition) is 7. The van der Waals surface area contributed by atoms with Crippen LogP contribution in [0.5, 0.6) is 0 Å². The Morgan fingerprint density at radius 3 is 2.84 bits per heavy atom. The molecule has 1 N–H and O–H groups in total. The van der Waals surface area contributed by atoms with E-state index in [1.54, 1.807) is 35.6 Å². The average Bonchev–Trinajstić information content (AvgIpc) is 3.38. The molecule has 166 valence electrons. The first-order valence-electron chi connectivity index (χ1n) is 10.5. The van der Waals surface area contributed by atoms with Crippen LogP contribution in [0.1, 0.15) is 43.1 Å². The van der Waals surface area contributed by atoms with Gasteiger partial charge in [-0.1, -0.05) is 49.8 Å². The van der Waals surface area contributed by atoms with Crippen LogP contribution in [0.4, 0.5) is 5.82 Å². The van der Waals surface area contributed by atoms with Crippen LogP contribution in [0.25, 0.3) is 11.7 Å². The summed E-state index contributed by atoms with van der Waals surface area (Å²) in [5, 5.41) is 3.19. The molecule has 0 bridgehead atoms. The minimum absolute atomic E-state index is 0.165. The first-order valence-corrected chi connectivity index (χ1v) is 11.7. The van der Waals surface area contributed by atoms with E-state index >= 15 is 0 Å². The van der Waals surface area contributed by atoms with Gasteiger partial charge in [-0.25, -0.2) is 4.98 Å². The van der Waals surface area contributed by atoms with Gasteiger partial charge >= 0.3 is 0 Å². The van der Waals surface area contributed by atoms with Crippen LogP contribution in [-0.4, -0.2) is 31.1 Å². The molecule has 0 aromatic carbocycles. The lowest BCUT2D eigenvalue weighted by Crippen LogP contribution is -2.29. The van der Waals surface area contributed by atoms with E-state index in [1.807, 2.05) is 19.1 Å². The number of amides is 1. The number of fused-ring (bicyclic) bond motifs is 1. The van der Waals surface area contributed by atoms with E-state index in [4.69, 9.17) is 16.6 Å². The van der Waals surface area contributed by atoms with Crippen molar-refractivity contribution in [2.45, 2.75) is 39.7 Å². The van der Waals surface area contributed by atoms with E-state index in [0.717, 1.165) is 24.8 Å². The van der Waals surface area contributed by atoms with Crippen molar-refractivity contribution in [2.75, 3.05) is 11.9 Å². The molecule has 1 amide bonds. The molecule has 7 nitrogen and oxygen atoms in total. The minimum Gasteiger partial charge on any atom is -0.467 e. The third-order valence-corrected chi connectivity index (χ3v) is 6.53. The van der Waals surface area contributed by atoms with Gasteiger partial charge in [-0.3, -0.25) is 18.9 Å². The molecule has 0 saturated carbocycles. The van der Waals surface area contributed by atoms with E-state index in [9.17, 15) is 9.59 Å². The van der Waals surface area contributed by atoms with Gasteiger partial charge in [0, 0.05) is 12.7 Å². The lowest BCUT2D eigenvalue weighted by atomic mass is 10.2. The summed E-state index contributed by atoms with van der Waals surface area (Å²) in [6, 6.07) is 7.34. The highest BCUT2D eigenvalue weighted by atomic mass is 32.2. The van der Waals surface area contributed by atoms with Crippen molar-refractivity contribution < 1.29 is 9.21 Å². The summed E-state index contributed by atoms with van der Waals surface area (Å²) in [5.41, 5.74) is 1.52. The van der Waals surface area contributed by atoms with Gasteiger partial charge in [-0.05, 0) is 43.2 Å². The average molecular weight is 469 g/mol. The second-order valence-corrected chi connectivity index (χ2v) is 9.26. The zero-order chi connectivity index (χ0) is 22.7. The maximum atomic E-state index is 13.4. The quantitative estimate of drug-likeness (QED) is 0.294. The number of carbonyl (C=O) groups excluding carboxylic acids is 1. The predicted molar refractivity (Wildman–Crippen MR) is 132 cm³/mol. The third-order valence-electron chi connectivity index (χ3n) is 5.15. The zero-order valence-corrected chi connectivity index (χ0v) is 19.6. The summed E-state index contributed by atoms with van der Waals surface area (Å²) < 4.78 is 7.40. The van der Waals surface area contributed by atoms with E-state index in [-0.39, 0.29) is 11.5 Å². The van der Waals surface area contributed by atoms with Crippen molar-refractivity contribution >= 4 is 51.7 Å². The number of carbonyl (C=O) groups is 1. The van der Waals surface area contributed by atoms with Gasteiger partial charge in [0.25, 0.3) is 11.5 Å². The topological polar surface area (TPSA) is 79.8 Å². The Morgan fingerprint density at radius 1 is 1.25 bits per heavy atom. The van der Waals surface area contributed by atoms with E-state index in [0.29, 0.717) is 45.1 Å². The molecule has 1 saturated heterocycles. The molecule has 3 aromatic rings. The van der Waals surface area contributed by atoms with Gasteiger partial charge in [0.05, 0.1) is 23.3 Å². The van der Waals surface area contributed by atoms with E-state index in [2.05, 4.69) is 17.2 Å². The summed E-state index contributed by atoms with van der Waals surface area (Å²) >= 11 is 6.65. The van der Waals surface area contributed by atoms with Gasteiger partial charge in [0.1, 0.15) is 21.5 Å². The number of aromatic nitrogens is 2. The number of aryl methyl sites for hydroxylation is 1. The second-order valence-electron chi connectivity index (χ2n) is 7.59. The molecular formula is C23H24N4O3S2. The van der Waals surface area contributed by atoms with Gasteiger partial charge in [0.2, 0.25) is 0 Å². The summed E-state index contributed by atoms with van der Waals surface area (Å²) in [6.45, 7) is 4.98. The van der Waals surface area contributed by atoms with Crippen molar-refractivity contribution in [3.8, 4) is 0 Å². The number of anilines is 1. The first kappa shape index (κ1) is 22.3. The molecule has 1 fully saturated rings. The van der Waals surface area contributed by atoms with Gasteiger partial charge < -0.3 is 9.73 Å². The molecule has 9 heteroatoms. The number of pyridine rings is 1. The molecular weight excluding hydrogens is 444 g/mol. The minimum atomic E-state index is -0.253. The molecule has 0 spiro atoms. The molecule has 0 radical (unpaired) electrons. The van der Waals surface area contributed by atoms with Crippen LogP contribution in [-0.2, 0) is 11.3 Å². The summed E-state index contributed by atoms with van der Waals surface area (Å²) in [5.74, 6) is 0.942. The Bertz CT molecular complexity index is 1250. The fourth-order valence-corrected chi connectivity index (χ4v) is 4.74. The van der Waals surface area contributed by atoms with Crippen LogP contribution in [0.15, 0.2) is 50.8 Å². The Morgan fingerprint density at radius 2 is 2.09 bits per heavy atom. The lowest BCUT2D eigenvalue weighted by Gasteiger charge is -2.13. The Labute approximate surface area is 195 Å². The number of furan rings is 1. The Kier molecular flexibility index (Phi) is 6.76. The van der Waals surface area contributed by atoms with Crippen molar-refractivity contribution in [3.63, 3.8) is 0 Å². The molecule has 0 unspecified atom stereocenters. The zero-order valence-electron chi connectivity index (χ0n) is 18.0. The Balaban J connectivity index is 1.73. The van der Waals surface area contributed by atoms with Crippen molar-refractivity contribution in [1.82, 2.24) is 14.3 Å². The van der Waals surface area contributed by atoms with Crippen LogP contribution < -0.4 is 10.9 Å². The van der Waals surface area contributed by atoms with Gasteiger partial charge in [-0.15, -0.1) is 0 Å². The van der Waals surface area contributed by atoms with Crippen LogP contribution in [0, 0.1) is 6.92 Å². The first-order chi connectivity index (χ1) is 15.5. The fraction of sp³-hybridized carbons (Fsp3) is 0.304. The highest BCUT2D eigenvalue weighted by Crippen LogP contribution is 2.33. The standard InChI is InChI=1S/C23H24N4O3S2/c1-3-4-5-10-26-22(29)18(32-23(26)31)12-17-20(24-13-16-7-6-11-30-16)25-19-9-8-15(2)14-27(19)21(17)28/h6-9,11-12,14,24H,3-5,10,13H2,1-2H3. The maximum absolute atomic E-state index is 13.4. The largest absolute Gasteiger partial charge is 0.467 e. The van der Waals surface area contributed by atoms with Crippen molar-refractivity contribution in [3.05, 3.63) is 68.9 Å². The Hall–Kier alpha value is -2.91. The van der Waals surface area contributed by atoms with Gasteiger partial charge in [-0.2, -0.15) is 0 Å². The monoisotopic (exact) mass is 468 g/mol. The van der Waals surface area contributed by atoms with Crippen LogP contribution >= 0.6 is 24.0 Å². The van der Waals surface area contributed by atoms with Crippen LogP contribution in [0.2, 0.25) is 0 Å². The molecule has 4 heterocycles.